The van der Waals surface area contributed by atoms with E-state index in [4.69, 9.17) is 11.6 Å². The van der Waals surface area contributed by atoms with Crippen molar-refractivity contribution in [3.05, 3.63) is 65.2 Å². The van der Waals surface area contributed by atoms with Crippen LogP contribution in [0.15, 0.2) is 54.6 Å². The van der Waals surface area contributed by atoms with E-state index in [0.717, 1.165) is 0 Å². The zero-order chi connectivity index (χ0) is 13.9. The third-order valence-corrected chi connectivity index (χ3v) is 3.78. The summed E-state index contributed by atoms with van der Waals surface area (Å²) >= 11 is 5.76. The van der Waals surface area contributed by atoms with Gasteiger partial charge in [0, 0.05) is 10.7 Å². The van der Waals surface area contributed by atoms with Crippen molar-refractivity contribution in [2.75, 3.05) is 5.32 Å². The second kappa shape index (κ2) is 5.61. The van der Waals surface area contributed by atoms with Crippen LogP contribution in [-0.2, 0) is 10.1 Å². The standard InChI is InChI=1S/C13H12ClNO3S/c14-11-6-8-12(9-7-11)15-13(19(16,17)18)10-4-2-1-3-5-10/h1-9,13,15H,(H,16,17,18)/t13-/m0/s1. The van der Waals surface area contributed by atoms with E-state index in [9.17, 15) is 13.0 Å². The summed E-state index contributed by atoms with van der Waals surface area (Å²) in [6, 6.07) is 15.0. The quantitative estimate of drug-likeness (QED) is 0.850. The predicted molar refractivity (Wildman–Crippen MR) is 75.8 cm³/mol. The van der Waals surface area contributed by atoms with Crippen molar-refractivity contribution >= 4 is 27.4 Å². The summed E-state index contributed by atoms with van der Waals surface area (Å²) in [7, 11) is -4.27. The number of nitrogens with one attached hydrogen (secondary N) is 1. The molecular weight excluding hydrogens is 286 g/mol. The van der Waals surface area contributed by atoms with Crippen LogP contribution in [0.3, 0.4) is 0 Å². The first-order chi connectivity index (χ1) is 8.97. The fourth-order valence-electron chi connectivity index (χ4n) is 1.66. The molecule has 6 heteroatoms. The highest BCUT2D eigenvalue weighted by atomic mass is 35.5. The summed E-state index contributed by atoms with van der Waals surface area (Å²) in [5, 5.41) is 2.10. The lowest BCUT2D eigenvalue weighted by Crippen LogP contribution is -2.20. The molecule has 1 atom stereocenters. The zero-order valence-electron chi connectivity index (χ0n) is 9.82. The first-order valence-electron chi connectivity index (χ1n) is 5.50. The molecular formula is C13H12ClNO3S. The van der Waals surface area contributed by atoms with E-state index < -0.39 is 15.5 Å². The van der Waals surface area contributed by atoms with E-state index in [1.165, 1.54) is 0 Å². The minimum absolute atomic E-state index is 0.458. The molecule has 0 unspecified atom stereocenters. The van der Waals surface area contributed by atoms with Gasteiger partial charge in [-0.2, -0.15) is 8.42 Å². The summed E-state index contributed by atoms with van der Waals surface area (Å²) < 4.78 is 32.3. The van der Waals surface area contributed by atoms with Gasteiger partial charge >= 0.3 is 0 Å². The molecule has 100 valence electrons. The molecule has 2 aromatic carbocycles. The third kappa shape index (κ3) is 3.70. The average molecular weight is 298 g/mol. The third-order valence-electron chi connectivity index (χ3n) is 2.54. The van der Waals surface area contributed by atoms with Crippen molar-refractivity contribution in [1.82, 2.24) is 0 Å². The molecule has 2 rings (SSSR count). The molecule has 2 N–H and O–H groups in total. The largest absolute Gasteiger partial charge is 0.363 e. The number of rotatable bonds is 4. The van der Waals surface area contributed by atoms with Crippen LogP contribution in [0.5, 0.6) is 0 Å². The Hall–Kier alpha value is -1.56. The molecule has 0 saturated heterocycles. The maximum atomic E-state index is 11.5. The van der Waals surface area contributed by atoms with Gasteiger partial charge in [0.05, 0.1) is 0 Å². The van der Waals surface area contributed by atoms with Gasteiger partial charge in [-0.3, -0.25) is 4.55 Å². The highest BCUT2D eigenvalue weighted by molar-refractivity contribution is 7.86. The van der Waals surface area contributed by atoms with Crippen LogP contribution in [0.25, 0.3) is 0 Å². The summed E-state index contributed by atoms with van der Waals surface area (Å²) in [6.07, 6.45) is 0. The van der Waals surface area contributed by atoms with Crippen LogP contribution in [-0.4, -0.2) is 13.0 Å². The Morgan fingerprint density at radius 3 is 2.11 bits per heavy atom. The Morgan fingerprint density at radius 1 is 1.00 bits per heavy atom. The normalized spacial score (nSPS) is 12.9. The van der Waals surface area contributed by atoms with Crippen LogP contribution >= 0.6 is 11.6 Å². The second-order valence-corrected chi connectivity index (χ2v) is 5.89. The molecule has 0 aromatic heterocycles. The smallest absolute Gasteiger partial charge is 0.290 e. The van der Waals surface area contributed by atoms with Crippen LogP contribution in [0.1, 0.15) is 10.9 Å². The van der Waals surface area contributed by atoms with Gasteiger partial charge in [0.25, 0.3) is 10.1 Å². The van der Waals surface area contributed by atoms with Crippen molar-refractivity contribution in [1.29, 1.82) is 0 Å². The van der Waals surface area contributed by atoms with Crippen molar-refractivity contribution in [2.24, 2.45) is 0 Å². The Morgan fingerprint density at radius 2 is 1.58 bits per heavy atom. The van der Waals surface area contributed by atoms with Crippen molar-refractivity contribution in [2.45, 2.75) is 5.37 Å². The number of benzene rings is 2. The second-order valence-electron chi connectivity index (χ2n) is 3.96. The minimum Gasteiger partial charge on any atom is -0.363 e. The van der Waals surface area contributed by atoms with E-state index in [2.05, 4.69) is 5.32 Å². The lowest BCUT2D eigenvalue weighted by Gasteiger charge is -2.17. The number of anilines is 1. The molecule has 0 aliphatic rings. The van der Waals surface area contributed by atoms with Crippen LogP contribution < -0.4 is 5.32 Å². The molecule has 0 heterocycles. The van der Waals surface area contributed by atoms with Crippen LogP contribution in [0.4, 0.5) is 5.69 Å². The highest BCUT2D eigenvalue weighted by Crippen LogP contribution is 2.24. The van der Waals surface area contributed by atoms with Gasteiger partial charge in [0.15, 0.2) is 5.37 Å². The van der Waals surface area contributed by atoms with E-state index in [0.29, 0.717) is 16.3 Å². The molecule has 0 spiro atoms. The maximum absolute atomic E-state index is 11.5. The fraction of sp³-hybridized carbons (Fsp3) is 0.0769. The van der Waals surface area contributed by atoms with Gasteiger partial charge in [-0.15, -0.1) is 0 Å². The zero-order valence-corrected chi connectivity index (χ0v) is 11.4. The molecule has 2 aromatic rings. The first-order valence-corrected chi connectivity index (χ1v) is 7.38. The number of hydrogen-bond donors (Lipinski definition) is 2. The van der Waals surface area contributed by atoms with E-state index in [-0.39, 0.29) is 0 Å². The molecule has 4 nitrogen and oxygen atoms in total. The first kappa shape index (κ1) is 13.9. The van der Waals surface area contributed by atoms with Gasteiger partial charge in [-0.05, 0) is 29.8 Å². The van der Waals surface area contributed by atoms with Gasteiger partial charge in [-0.25, -0.2) is 0 Å². The predicted octanol–water partition coefficient (Wildman–Crippen LogP) is 3.34. The summed E-state index contributed by atoms with van der Waals surface area (Å²) in [5.41, 5.74) is 1.01. The van der Waals surface area contributed by atoms with Gasteiger partial charge < -0.3 is 5.32 Å². The number of halogens is 1. The Labute approximate surface area is 116 Å². The highest BCUT2D eigenvalue weighted by Gasteiger charge is 2.24. The van der Waals surface area contributed by atoms with Crippen molar-refractivity contribution in [3.63, 3.8) is 0 Å². The van der Waals surface area contributed by atoms with Gasteiger partial charge in [-0.1, -0.05) is 41.9 Å². The minimum atomic E-state index is -4.27. The lowest BCUT2D eigenvalue weighted by atomic mass is 10.2. The molecule has 0 fully saturated rings. The monoisotopic (exact) mass is 297 g/mol. The molecule has 0 amide bonds. The maximum Gasteiger partial charge on any atom is 0.290 e. The van der Waals surface area contributed by atoms with Crippen molar-refractivity contribution in [3.8, 4) is 0 Å². The number of hydrogen-bond acceptors (Lipinski definition) is 3. The molecule has 0 aliphatic heterocycles. The fourth-order valence-corrected chi connectivity index (χ4v) is 2.57. The van der Waals surface area contributed by atoms with E-state index in [1.807, 2.05) is 0 Å². The Balaban J connectivity index is 2.33. The van der Waals surface area contributed by atoms with Crippen LogP contribution in [0.2, 0.25) is 5.02 Å². The summed E-state index contributed by atoms with van der Waals surface area (Å²) in [4.78, 5) is 0. The van der Waals surface area contributed by atoms with Crippen molar-refractivity contribution < 1.29 is 13.0 Å². The summed E-state index contributed by atoms with van der Waals surface area (Å²) in [6.45, 7) is 0. The Bertz CT molecular complexity index is 641. The van der Waals surface area contributed by atoms with E-state index >= 15 is 0 Å². The summed E-state index contributed by atoms with van der Waals surface area (Å²) in [5.74, 6) is 0. The van der Waals surface area contributed by atoms with Gasteiger partial charge in [0.2, 0.25) is 0 Å². The average Bonchev–Trinajstić information content (AvgIpc) is 2.37. The molecule has 19 heavy (non-hydrogen) atoms. The lowest BCUT2D eigenvalue weighted by molar-refractivity contribution is 0.473. The SMILES string of the molecule is O=S(=O)(O)[C@H](Nc1ccc(Cl)cc1)c1ccccc1. The molecule has 0 saturated carbocycles. The van der Waals surface area contributed by atoms with Crippen LogP contribution in [0, 0.1) is 0 Å². The topological polar surface area (TPSA) is 66.4 Å². The molecule has 0 radical (unpaired) electrons. The van der Waals surface area contributed by atoms with E-state index in [1.54, 1.807) is 54.6 Å². The molecule has 0 bridgehead atoms. The molecule has 0 aliphatic carbocycles. The van der Waals surface area contributed by atoms with Gasteiger partial charge in [0.1, 0.15) is 0 Å². The Kier molecular flexibility index (Phi) is 4.09.